The van der Waals surface area contributed by atoms with E-state index in [2.05, 4.69) is 5.32 Å². The Bertz CT molecular complexity index is 1350. The lowest BCUT2D eigenvalue weighted by Gasteiger charge is -2.10. The summed E-state index contributed by atoms with van der Waals surface area (Å²) in [5, 5.41) is 4.38. The molecule has 0 aliphatic heterocycles. The second kappa shape index (κ2) is 9.73. The predicted octanol–water partition coefficient (Wildman–Crippen LogP) is 6.20. The van der Waals surface area contributed by atoms with Crippen LogP contribution in [0, 0.1) is 6.92 Å². The third-order valence-corrected chi connectivity index (χ3v) is 6.60. The summed E-state index contributed by atoms with van der Waals surface area (Å²) in [6.45, 7) is 1.86. The second-order valence-electron chi connectivity index (χ2n) is 7.52. The lowest BCUT2D eigenvalue weighted by Crippen LogP contribution is -2.17. The van der Waals surface area contributed by atoms with Gasteiger partial charge in [-0.05, 0) is 73.3 Å². The molecule has 0 fully saturated rings. The van der Waals surface area contributed by atoms with E-state index in [0.29, 0.717) is 22.0 Å². The van der Waals surface area contributed by atoms with Crippen LogP contribution in [0.3, 0.4) is 0 Å². The first kappa shape index (κ1) is 23.0. The number of thioether (sulfide) groups is 1. The maximum atomic E-state index is 13.4. The highest BCUT2D eigenvalue weighted by Gasteiger charge is 2.22. The topological polar surface area (TPSA) is 60.3 Å². The molecule has 7 heteroatoms. The Hall–Kier alpha value is -3.22. The molecule has 33 heavy (non-hydrogen) atoms. The predicted molar refractivity (Wildman–Crippen MR) is 135 cm³/mol. The average molecular weight is 479 g/mol. The number of fused-ring (bicyclic) bond motifs is 1. The van der Waals surface area contributed by atoms with Gasteiger partial charge in [0, 0.05) is 26.6 Å². The summed E-state index contributed by atoms with van der Waals surface area (Å²) in [5.41, 5.74) is 3.50. The Kier molecular flexibility index (Phi) is 6.77. The molecular formula is C26H23ClN2O3S. The molecule has 0 unspecified atom stereocenters. The number of nitrogens with one attached hydrogen (secondary N) is 1. The number of aromatic nitrogens is 1. The molecule has 1 heterocycles. The fourth-order valence-electron chi connectivity index (χ4n) is 3.90. The van der Waals surface area contributed by atoms with E-state index in [9.17, 15) is 9.59 Å². The largest absolute Gasteiger partial charge is 0.497 e. The van der Waals surface area contributed by atoms with Gasteiger partial charge in [0.15, 0.2) is 0 Å². The molecule has 5 nitrogen and oxygen atoms in total. The molecule has 168 valence electrons. The Morgan fingerprint density at radius 2 is 1.79 bits per heavy atom. The van der Waals surface area contributed by atoms with Crippen molar-refractivity contribution < 1.29 is 14.3 Å². The van der Waals surface area contributed by atoms with Crippen LogP contribution in [0.15, 0.2) is 71.6 Å². The summed E-state index contributed by atoms with van der Waals surface area (Å²) in [5.74, 6) is 0.326. The van der Waals surface area contributed by atoms with Crippen molar-refractivity contribution in [1.29, 1.82) is 0 Å². The van der Waals surface area contributed by atoms with Gasteiger partial charge in [-0.2, -0.15) is 0 Å². The number of para-hydroxylation sites is 1. The highest BCUT2D eigenvalue weighted by molar-refractivity contribution is 7.98. The molecule has 0 aliphatic rings. The first-order valence-corrected chi connectivity index (χ1v) is 11.9. The standard InChI is InChI=1S/C26H23ClN2O3S/c1-16-20(15-25(30)28-22-6-4-5-7-24(22)33-3)21-14-19(32-2)12-13-23(21)29(16)26(31)17-8-10-18(27)11-9-17/h4-14H,15H2,1-3H3,(H,28,30). The summed E-state index contributed by atoms with van der Waals surface area (Å²) in [7, 11) is 1.59. The van der Waals surface area contributed by atoms with E-state index in [1.807, 2.05) is 55.6 Å². The van der Waals surface area contributed by atoms with E-state index >= 15 is 0 Å². The summed E-state index contributed by atoms with van der Waals surface area (Å²) in [6.07, 6.45) is 2.09. The minimum absolute atomic E-state index is 0.124. The average Bonchev–Trinajstić information content (AvgIpc) is 3.09. The Morgan fingerprint density at radius 3 is 2.48 bits per heavy atom. The zero-order valence-electron chi connectivity index (χ0n) is 18.5. The molecule has 1 aromatic heterocycles. The fraction of sp³-hybridized carbons (Fsp3) is 0.154. The quantitative estimate of drug-likeness (QED) is 0.335. The molecule has 4 rings (SSSR count). The zero-order chi connectivity index (χ0) is 23.5. The minimum Gasteiger partial charge on any atom is -0.497 e. The van der Waals surface area contributed by atoms with Gasteiger partial charge in [0.1, 0.15) is 5.75 Å². The summed E-state index contributed by atoms with van der Waals surface area (Å²) >= 11 is 7.57. The van der Waals surface area contributed by atoms with Crippen molar-refractivity contribution >= 4 is 51.8 Å². The fourth-order valence-corrected chi connectivity index (χ4v) is 4.58. The maximum absolute atomic E-state index is 13.4. The third kappa shape index (κ3) is 4.63. The van der Waals surface area contributed by atoms with Crippen molar-refractivity contribution in [3.8, 4) is 5.75 Å². The van der Waals surface area contributed by atoms with E-state index < -0.39 is 0 Å². The van der Waals surface area contributed by atoms with Crippen LogP contribution in [0.1, 0.15) is 21.6 Å². The third-order valence-electron chi connectivity index (χ3n) is 5.55. The number of benzene rings is 3. The molecular weight excluding hydrogens is 456 g/mol. The number of amides is 1. The number of anilines is 1. The second-order valence-corrected chi connectivity index (χ2v) is 8.80. The molecule has 0 bridgehead atoms. The van der Waals surface area contributed by atoms with E-state index in [1.165, 1.54) is 0 Å². The van der Waals surface area contributed by atoms with Crippen LogP contribution >= 0.6 is 23.4 Å². The maximum Gasteiger partial charge on any atom is 0.262 e. The van der Waals surface area contributed by atoms with Gasteiger partial charge >= 0.3 is 0 Å². The summed E-state index contributed by atoms with van der Waals surface area (Å²) in [6, 6.07) is 20.0. The molecule has 0 atom stereocenters. The monoisotopic (exact) mass is 478 g/mol. The van der Waals surface area contributed by atoms with Gasteiger partial charge in [0.05, 0.1) is 24.7 Å². The van der Waals surface area contributed by atoms with Crippen molar-refractivity contribution in [2.75, 3.05) is 18.7 Å². The SMILES string of the molecule is COc1ccc2c(c1)c(CC(=O)Nc1ccccc1SC)c(C)n2C(=O)c1ccc(Cl)cc1. The van der Waals surface area contributed by atoms with Crippen LogP contribution in [0.4, 0.5) is 5.69 Å². The number of ether oxygens (including phenoxy) is 1. The van der Waals surface area contributed by atoms with E-state index in [0.717, 1.165) is 27.0 Å². The van der Waals surface area contributed by atoms with Gasteiger partial charge in [-0.25, -0.2) is 0 Å². The van der Waals surface area contributed by atoms with Gasteiger partial charge < -0.3 is 10.1 Å². The molecule has 0 aliphatic carbocycles. The Labute approximate surface area is 201 Å². The number of hydrogen-bond donors (Lipinski definition) is 1. The van der Waals surface area contributed by atoms with E-state index in [-0.39, 0.29) is 18.2 Å². The normalized spacial score (nSPS) is 10.9. The van der Waals surface area contributed by atoms with E-state index in [4.69, 9.17) is 16.3 Å². The molecule has 1 N–H and O–H groups in total. The number of carbonyl (C=O) groups excluding carboxylic acids is 2. The minimum atomic E-state index is -0.182. The highest BCUT2D eigenvalue weighted by atomic mass is 35.5. The van der Waals surface area contributed by atoms with Crippen molar-refractivity contribution in [2.45, 2.75) is 18.2 Å². The molecule has 0 spiro atoms. The van der Waals surface area contributed by atoms with Gasteiger partial charge in [-0.15, -0.1) is 11.8 Å². The van der Waals surface area contributed by atoms with Crippen LogP contribution in [-0.4, -0.2) is 29.7 Å². The van der Waals surface area contributed by atoms with Crippen LogP contribution in [0.25, 0.3) is 10.9 Å². The molecule has 0 radical (unpaired) electrons. The van der Waals surface area contributed by atoms with Crippen molar-refractivity contribution in [1.82, 2.24) is 4.57 Å². The molecule has 0 saturated heterocycles. The number of rotatable bonds is 6. The van der Waals surface area contributed by atoms with Crippen molar-refractivity contribution in [3.05, 3.63) is 88.6 Å². The molecule has 0 saturated carbocycles. The highest BCUT2D eigenvalue weighted by Crippen LogP contribution is 2.31. The first-order valence-electron chi connectivity index (χ1n) is 10.3. The number of halogens is 1. The van der Waals surface area contributed by atoms with Crippen LogP contribution < -0.4 is 10.1 Å². The first-order chi connectivity index (χ1) is 15.9. The van der Waals surface area contributed by atoms with Gasteiger partial charge in [0.2, 0.25) is 5.91 Å². The Balaban J connectivity index is 1.76. The number of nitrogens with zero attached hydrogens (tertiary/aromatic N) is 1. The van der Waals surface area contributed by atoms with Crippen molar-refractivity contribution in [3.63, 3.8) is 0 Å². The lowest BCUT2D eigenvalue weighted by atomic mass is 10.1. The number of carbonyl (C=O) groups is 2. The number of hydrogen-bond acceptors (Lipinski definition) is 4. The van der Waals surface area contributed by atoms with Crippen molar-refractivity contribution in [2.24, 2.45) is 0 Å². The Morgan fingerprint density at radius 1 is 1.06 bits per heavy atom. The summed E-state index contributed by atoms with van der Waals surface area (Å²) < 4.78 is 7.05. The van der Waals surface area contributed by atoms with E-state index in [1.54, 1.807) is 47.7 Å². The molecule has 1 amide bonds. The van der Waals surface area contributed by atoms with Gasteiger partial charge in [-0.1, -0.05) is 23.7 Å². The van der Waals surface area contributed by atoms with Gasteiger partial charge in [0.25, 0.3) is 5.91 Å². The smallest absolute Gasteiger partial charge is 0.262 e. The zero-order valence-corrected chi connectivity index (χ0v) is 20.1. The van der Waals surface area contributed by atoms with Gasteiger partial charge in [-0.3, -0.25) is 14.2 Å². The number of methoxy groups -OCH3 is 1. The van der Waals surface area contributed by atoms with Crippen LogP contribution in [0.2, 0.25) is 5.02 Å². The lowest BCUT2D eigenvalue weighted by molar-refractivity contribution is -0.115. The summed E-state index contributed by atoms with van der Waals surface area (Å²) in [4.78, 5) is 27.4. The molecule has 3 aromatic carbocycles. The molecule has 4 aromatic rings. The van der Waals surface area contributed by atoms with Crippen LogP contribution in [-0.2, 0) is 11.2 Å². The van der Waals surface area contributed by atoms with Crippen LogP contribution in [0.5, 0.6) is 5.75 Å².